The van der Waals surface area contributed by atoms with Crippen LogP contribution in [0.25, 0.3) is 0 Å². The molecule has 9 heteroatoms. The van der Waals surface area contributed by atoms with Crippen LogP contribution in [0.1, 0.15) is 31.2 Å². The van der Waals surface area contributed by atoms with Gasteiger partial charge >= 0.3 is 0 Å². The zero-order valence-electron chi connectivity index (χ0n) is 20.8. The number of ether oxygens (including phenoxy) is 1. The number of imide groups is 1. The lowest BCUT2D eigenvalue weighted by atomic mass is 9.59. The summed E-state index contributed by atoms with van der Waals surface area (Å²) in [6, 6.07) is 12.3. The second-order valence-electron chi connectivity index (χ2n) is 10.0. The number of Topliss-reactive ketones (excluding diaryl/α,β-unsaturated/α-hetero) is 1. The van der Waals surface area contributed by atoms with Crippen LogP contribution in [0.2, 0.25) is 0 Å². The highest BCUT2D eigenvalue weighted by Crippen LogP contribution is 2.57. The molecule has 4 atom stereocenters. The molecule has 39 heavy (non-hydrogen) atoms. The Morgan fingerprint density at radius 3 is 2.51 bits per heavy atom. The van der Waals surface area contributed by atoms with E-state index in [1.807, 2.05) is 18.2 Å². The molecule has 1 aliphatic heterocycles. The first-order valence-corrected chi connectivity index (χ1v) is 14.6. The zero-order valence-corrected chi connectivity index (χ0v) is 24.6. The molecule has 0 aromatic heterocycles. The van der Waals surface area contributed by atoms with E-state index in [0.29, 0.717) is 35.4 Å². The number of amides is 2. The van der Waals surface area contributed by atoms with Gasteiger partial charge in [-0.15, -0.1) is 0 Å². The maximum Gasteiger partial charge on any atom is 0.238 e. The van der Waals surface area contributed by atoms with E-state index < -0.39 is 23.7 Å². The number of benzene rings is 2. The van der Waals surface area contributed by atoms with Gasteiger partial charge in [-0.1, -0.05) is 23.8 Å². The quantitative estimate of drug-likeness (QED) is 0.200. The average molecular weight is 700 g/mol. The van der Waals surface area contributed by atoms with Crippen LogP contribution in [0.15, 0.2) is 75.8 Å². The van der Waals surface area contributed by atoms with Crippen molar-refractivity contribution >= 4 is 67.6 Å². The molecular formula is C30H23BrINO6. The molecule has 1 saturated heterocycles. The third-order valence-electron chi connectivity index (χ3n) is 8.06. The third kappa shape index (κ3) is 4.04. The van der Waals surface area contributed by atoms with E-state index in [1.54, 1.807) is 37.3 Å². The number of carbonyl (C=O) groups excluding carboxylic acids is 4. The lowest BCUT2D eigenvalue weighted by Crippen LogP contribution is -2.39. The lowest BCUT2D eigenvalue weighted by Gasteiger charge is -2.42. The fraction of sp³-hybridized carbons (Fsp3) is 0.267. The molecule has 0 unspecified atom stereocenters. The van der Waals surface area contributed by atoms with Crippen molar-refractivity contribution in [1.29, 1.82) is 0 Å². The van der Waals surface area contributed by atoms with Crippen molar-refractivity contribution in [2.75, 3.05) is 11.5 Å². The van der Waals surface area contributed by atoms with Crippen molar-refractivity contribution < 1.29 is 29.0 Å². The number of nitrogens with zero attached hydrogens (tertiary/aromatic N) is 1. The van der Waals surface area contributed by atoms with E-state index in [1.165, 1.54) is 11.0 Å². The van der Waals surface area contributed by atoms with Gasteiger partial charge in [0.25, 0.3) is 0 Å². The fourth-order valence-corrected chi connectivity index (χ4v) is 7.26. The number of allylic oxidation sites excluding steroid dienone is 6. The van der Waals surface area contributed by atoms with E-state index in [0.717, 1.165) is 9.14 Å². The van der Waals surface area contributed by atoms with E-state index in [9.17, 15) is 24.3 Å². The smallest absolute Gasteiger partial charge is 0.238 e. The molecule has 0 bridgehead atoms. The number of phenolic OH excluding ortho intramolecular Hbond substituents is 1. The molecule has 6 rings (SSSR count). The van der Waals surface area contributed by atoms with Crippen LogP contribution in [0.4, 0.5) is 5.69 Å². The number of anilines is 1. The van der Waals surface area contributed by atoms with Crippen LogP contribution in [0, 0.1) is 21.3 Å². The standard InChI is InChI=1S/C30H23BrINO6/c1-2-39-23-5-3-4-17(28(23)36)24-16-10-11-18-25(19(16)12-20-26(24)22(34)13-21(31)27(20)35)30(38)33(29(18)37)15-8-6-14(32)7-9-15/h3-10,13,18-19,24-25,36H,2,11-12H2,1H3/t18-,19+,24+,25-/m0/s1. The monoisotopic (exact) mass is 699 g/mol. The minimum atomic E-state index is -0.747. The molecule has 0 saturated carbocycles. The molecule has 0 spiro atoms. The van der Waals surface area contributed by atoms with Crippen molar-refractivity contribution in [2.24, 2.45) is 17.8 Å². The Labute approximate surface area is 246 Å². The highest BCUT2D eigenvalue weighted by molar-refractivity contribution is 14.1. The van der Waals surface area contributed by atoms with Gasteiger partial charge in [0.05, 0.1) is 28.6 Å². The predicted octanol–water partition coefficient (Wildman–Crippen LogP) is 5.36. The van der Waals surface area contributed by atoms with Crippen molar-refractivity contribution in [1.82, 2.24) is 0 Å². The summed E-state index contributed by atoms with van der Waals surface area (Å²) in [6.07, 6.45) is 3.69. The van der Waals surface area contributed by atoms with Crippen LogP contribution in [-0.2, 0) is 19.2 Å². The van der Waals surface area contributed by atoms with Crippen LogP contribution in [-0.4, -0.2) is 35.1 Å². The number of para-hydroxylation sites is 1. The minimum absolute atomic E-state index is 0.108. The maximum absolute atomic E-state index is 13.9. The van der Waals surface area contributed by atoms with Gasteiger partial charge in [-0.3, -0.25) is 24.1 Å². The van der Waals surface area contributed by atoms with Gasteiger partial charge in [-0.05, 0) is 94.5 Å². The number of halogens is 2. The van der Waals surface area contributed by atoms with E-state index in [-0.39, 0.29) is 45.8 Å². The van der Waals surface area contributed by atoms with Crippen LogP contribution in [0.5, 0.6) is 11.5 Å². The molecule has 3 aliphatic carbocycles. The number of hydrogen-bond acceptors (Lipinski definition) is 6. The molecular weight excluding hydrogens is 677 g/mol. The number of phenols is 1. The van der Waals surface area contributed by atoms with Gasteiger partial charge in [-0.25, -0.2) is 0 Å². The first kappa shape index (κ1) is 26.2. The zero-order chi connectivity index (χ0) is 27.6. The third-order valence-corrected chi connectivity index (χ3v) is 9.37. The molecule has 0 radical (unpaired) electrons. The second kappa shape index (κ2) is 9.85. The molecule has 198 valence electrons. The Bertz CT molecular complexity index is 1560. The molecule has 2 aromatic rings. The summed E-state index contributed by atoms with van der Waals surface area (Å²) in [7, 11) is 0. The van der Waals surface area contributed by atoms with Gasteiger partial charge in [0, 0.05) is 32.3 Å². The summed E-state index contributed by atoms with van der Waals surface area (Å²) in [5.41, 5.74) is 2.35. The van der Waals surface area contributed by atoms with Gasteiger partial charge < -0.3 is 9.84 Å². The van der Waals surface area contributed by atoms with Gasteiger partial charge in [-0.2, -0.15) is 0 Å². The predicted molar refractivity (Wildman–Crippen MR) is 156 cm³/mol. The van der Waals surface area contributed by atoms with E-state index in [4.69, 9.17) is 4.74 Å². The van der Waals surface area contributed by atoms with Crippen LogP contribution >= 0.6 is 38.5 Å². The first-order chi connectivity index (χ1) is 18.7. The molecule has 1 fully saturated rings. The number of rotatable bonds is 4. The number of hydrogen-bond donors (Lipinski definition) is 1. The second-order valence-corrected chi connectivity index (χ2v) is 12.1. The van der Waals surface area contributed by atoms with E-state index in [2.05, 4.69) is 38.5 Å². The maximum atomic E-state index is 13.9. The van der Waals surface area contributed by atoms with Gasteiger partial charge in [0.1, 0.15) is 0 Å². The summed E-state index contributed by atoms with van der Waals surface area (Å²) in [5.74, 6) is -3.51. The summed E-state index contributed by atoms with van der Waals surface area (Å²) in [4.78, 5) is 55.5. The summed E-state index contributed by atoms with van der Waals surface area (Å²) in [6.45, 7) is 2.14. The molecule has 7 nitrogen and oxygen atoms in total. The Morgan fingerprint density at radius 1 is 1.05 bits per heavy atom. The topological polar surface area (TPSA) is 101 Å². The molecule has 1 heterocycles. The summed E-state index contributed by atoms with van der Waals surface area (Å²) >= 11 is 5.40. The molecule has 1 N–H and O–H groups in total. The highest BCUT2D eigenvalue weighted by Gasteiger charge is 2.57. The molecule has 2 aromatic carbocycles. The Hall–Kier alpha value is -3.05. The molecule has 2 amide bonds. The number of ketones is 2. The fourth-order valence-electron chi connectivity index (χ4n) is 6.45. The Kier molecular flexibility index (Phi) is 6.61. The Balaban J connectivity index is 1.50. The average Bonchev–Trinajstić information content (AvgIpc) is 3.18. The van der Waals surface area contributed by atoms with E-state index >= 15 is 0 Å². The van der Waals surface area contributed by atoms with Gasteiger partial charge in [0.15, 0.2) is 23.1 Å². The van der Waals surface area contributed by atoms with Crippen molar-refractivity contribution in [3.8, 4) is 11.5 Å². The number of carbonyl (C=O) groups is 4. The van der Waals surface area contributed by atoms with Crippen LogP contribution in [0.3, 0.4) is 0 Å². The first-order valence-electron chi connectivity index (χ1n) is 12.7. The van der Waals surface area contributed by atoms with Gasteiger partial charge in [0.2, 0.25) is 11.8 Å². The normalized spacial score (nSPS) is 26.2. The minimum Gasteiger partial charge on any atom is -0.504 e. The number of aromatic hydroxyl groups is 1. The van der Waals surface area contributed by atoms with Crippen molar-refractivity contribution in [2.45, 2.75) is 25.7 Å². The van der Waals surface area contributed by atoms with Crippen molar-refractivity contribution in [3.05, 3.63) is 85.0 Å². The van der Waals surface area contributed by atoms with Crippen LogP contribution < -0.4 is 9.64 Å². The molecule has 4 aliphatic rings. The lowest BCUT2D eigenvalue weighted by molar-refractivity contribution is -0.123. The largest absolute Gasteiger partial charge is 0.504 e. The van der Waals surface area contributed by atoms with Crippen molar-refractivity contribution in [3.63, 3.8) is 0 Å². The highest BCUT2D eigenvalue weighted by atomic mass is 127. The summed E-state index contributed by atoms with van der Waals surface area (Å²) < 4.78 is 6.76. The summed E-state index contributed by atoms with van der Waals surface area (Å²) in [5, 5.41) is 11.2. The number of fused-ring (bicyclic) bond motifs is 3. The SMILES string of the molecule is CCOc1cccc([C@H]2C3=CC[C@@H]4C(=O)N(c5ccc(I)cc5)C(=O)[C@@H]4[C@@H]3CC3=C2C(=O)C=C(Br)C3=O)c1O. The Morgan fingerprint density at radius 2 is 1.79 bits per heavy atom.